The second-order valence-corrected chi connectivity index (χ2v) is 12.0. The van der Waals surface area contributed by atoms with E-state index in [0.717, 1.165) is 5.56 Å². The molecule has 0 fully saturated rings. The molecule has 0 saturated heterocycles. The minimum absolute atomic E-state index is 0.0302. The molecule has 4 heterocycles. The number of hydrogen-bond acceptors (Lipinski definition) is 7. The number of amides is 1. The molecule has 12 heteroatoms. The fourth-order valence-corrected chi connectivity index (χ4v) is 6.78. The van der Waals surface area contributed by atoms with Crippen molar-refractivity contribution in [2.75, 3.05) is 12.4 Å². The van der Waals surface area contributed by atoms with Gasteiger partial charge in [-0.2, -0.15) is 0 Å². The number of aromatic nitrogens is 4. The van der Waals surface area contributed by atoms with Gasteiger partial charge in [-0.05, 0) is 54.8 Å². The Kier molecular flexibility index (Phi) is 7.07. The van der Waals surface area contributed by atoms with E-state index in [4.69, 9.17) is 0 Å². The van der Waals surface area contributed by atoms with Crippen LogP contribution in [0.5, 0.6) is 0 Å². The van der Waals surface area contributed by atoms with Crippen LogP contribution in [0.15, 0.2) is 95.1 Å². The van der Waals surface area contributed by atoms with E-state index in [1.807, 2.05) is 0 Å². The molecule has 42 heavy (non-hydrogen) atoms. The van der Waals surface area contributed by atoms with Gasteiger partial charge in [-0.3, -0.25) is 19.1 Å². The van der Waals surface area contributed by atoms with Crippen molar-refractivity contribution >= 4 is 32.5 Å². The summed E-state index contributed by atoms with van der Waals surface area (Å²) in [4.78, 5) is 36.7. The number of rotatable bonds is 7. The number of likely N-dealkylation sites (N-methyl/N-ethyl adjacent to an activating group) is 1. The molecule has 5 aromatic rings. The lowest BCUT2D eigenvalue weighted by Gasteiger charge is -2.27. The molecule has 0 aliphatic carbocycles. The minimum atomic E-state index is -3.97. The predicted molar refractivity (Wildman–Crippen MR) is 155 cm³/mol. The SMILES string of the molecule is CN(Cc1cc2cnccc2n1S(=O)(=O)c1ccccc1)C(=O)Cn1cnc2c(c1=O)NC(c1ccc(F)cc1)CC2. The predicted octanol–water partition coefficient (Wildman–Crippen LogP) is 3.73. The Hall–Kier alpha value is -4.84. The number of carbonyl (C=O) groups excluding carboxylic acids is 1. The molecule has 1 atom stereocenters. The van der Waals surface area contributed by atoms with Crippen LogP contribution in [0.3, 0.4) is 0 Å². The van der Waals surface area contributed by atoms with E-state index in [1.165, 1.54) is 50.2 Å². The van der Waals surface area contributed by atoms with Crippen molar-refractivity contribution in [3.63, 3.8) is 0 Å². The topological polar surface area (TPSA) is 119 Å². The molecule has 3 aromatic heterocycles. The van der Waals surface area contributed by atoms with Gasteiger partial charge in [0.15, 0.2) is 0 Å². The zero-order chi connectivity index (χ0) is 29.4. The monoisotopic (exact) mass is 586 g/mol. The molecule has 0 bridgehead atoms. The van der Waals surface area contributed by atoms with Crippen LogP contribution >= 0.6 is 0 Å². The number of carbonyl (C=O) groups is 1. The first-order valence-electron chi connectivity index (χ1n) is 13.3. The van der Waals surface area contributed by atoms with E-state index in [2.05, 4.69) is 15.3 Å². The fraction of sp³-hybridized carbons (Fsp3) is 0.200. The van der Waals surface area contributed by atoms with Crippen LogP contribution in [0.25, 0.3) is 10.9 Å². The molecular formula is C30H27FN6O4S. The summed E-state index contributed by atoms with van der Waals surface area (Å²) in [6.07, 6.45) is 5.69. The molecule has 0 saturated carbocycles. The van der Waals surface area contributed by atoms with Gasteiger partial charge >= 0.3 is 0 Å². The van der Waals surface area contributed by atoms with Gasteiger partial charge in [-0.15, -0.1) is 0 Å². The third-order valence-electron chi connectivity index (χ3n) is 7.42. The molecule has 2 aromatic carbocycles. The largest absolute Gasteiger partial charge is 0.372 e. The van der Waals surface area contributed by atoms with Crippen LogP contribution < -0.4 is 10.9 Å². The highest BCUT2D eigenvalue weighted by Gasteiger charge is 2.26. The normalized spacial score (nSPS) is 14.8. The maximum absolute atomic E-state index is 13.7. The lowest BCUT2D eigenvalue weighted by atomic mass is 9.96. The first-order chi connectivity index (χ1) is 20.2. The number of fused-ring (bicyclic) bond motifs is 2. The van der Waals surface area contributed by atoms with Crippen molar-refractivity contribution in [2.24, 2.45) is 0 Å². The first-order valence-corrected chi connectivity index (χ1v) is 14.8. The molecular weight excluding hydrogens is 559 g/mol. The van der Waals surface area contributed by atoms with Crippen LogP contribution in [0.2, 0.25) is 0 Å². The molecule has 0 spiro atoms. The summed E-state index contributed by atoms with van der Waals surface area (Å²) in [5.74, 6) is -0.743. The quantitative estimate of drug-likeness (QED) is 0.309. The number of halogens is 1. The molecule has 0 radical (unpaired) electrons. The highest BCUT2D eigenvalue weighted by molar-refractivity contribution is 7.90. The molecule has 1 aliphatic heterocycles. The molecule has 1 N–H and O–H groups in total. The van der Waals surface area contributed by atoms with E-state index >= 15 is 0 Å². The summed E-state index contributed by atoms with van der Waals surface area (Å²) in [7, 11) is -2.42. The second kappa shape index (κ2) is 10.9. The Morgan fingerprint density at radius 3 is 2.64 bits per heavy atom. The number of hydrogen-bond donors (Lipinski definition) is 1. The number of anilines is 1. The summed E-state index contributed by atoms with van der Waals surface area (Å²) in [5, 5.41) is 3.83. The van der Waals surface area contributed by atoms with Gasteiger partial charge in [-0.25, -0.2) is 21.8 Å². The minimum Gasteiger partial charge on any atom is -0.372 e. The van der Waals surface area contributed by atoms with Gasteiger partial charge in [0.2, 0.25) is 5.91 Å². The third kappa shape index (κ3) is 5.05. The smallest absolute Gasteiger partial charge is 0.277 e. The molecule has 10 nitrogen and oxygen atoms in total. The Balaban J connectivity index is 1.25. The van der Waals surface area contributed by atoms with Crippen LogP contribution in [0.1, 0.15) is 29.4 Å². The maximum atomic E-state index is 13.7. The lowest BCUT2D eigenvalue weighted by molar-refractivity contribution is -0.131. The zero-order valence-electron chi connectivity index (χ0n) is 22.6. The Morgan fingerprint density at radius 2 is 1.88 bits per heavy atom. The molecule has 1 aliphatic rings. The number of nitrogens with one attached hydrogen (secondary N) is 1. The number of benzene rings is 2. The number of nitrogens with zero attached hydrogens (tertiary/aromatic N) is 5. The summed E-state index contributed by atoms with van der Waals surface area (Å²) >= 11 is 0. The molecule has 214 valence electrons. The highest BCUT2D eigenvalue weighted by atomic mass is 32.2. The van der Waals surface area contributed by atoms with Crippen molar-refractivity contribution in [3.8, 4) is 0 Å². The van der Waals surface area contributed by atoms with E-state index in [1.54, 1.807) is 55.7 Å². The van der Waals surface area contributed by atoms with Crippen molar-refractivity contribution in [3.05, 3.63) is 119 Å². The van der Waals surface area contributed by atoms with Crippen LogP contribution in [-0.2, 0) is 34.3 Å². The Bertz CT molecular complexity index is 1960. The van der Waals surface area contributed by atoms with Crippen LogP contribution in [0, 0.1) is 5.82 Å². The van der Waals surface area contributed by atoms with Crippen molar-refractivity contribution in [1.82, 2.24) is 23.4 Å². The van der Waals surface area contributed by atoms with E-state index < -0.39 is 15.9 Å². The third-order valence-corrected chi connectivity index (χ3v) is 9.20. The first kappa shape index (κ1) is 27.3. The van der Waals surface area contributed by atoms with E-state index in [0.29, 0.717) is 40.8 Å². The van der Waals surface area contributed by atoms with E-state index in [-0.39, 0.29) is 35.4 Å². The van der Waals surface area contributed by atoms with Gasteiger partial charge in [0, 0.05) is 24.8 Å². The Morgan fingerprint density at radius 1 is 1.12 bits per heavy atom. The average Bonchev–Trinajstić information content (AvgIpc) is 3.38. The zero-order valence-corrected chi connectivity index (χ0v) is 23.5. The van der Waals surface area contributed by atoms with Gasteiger partial charge in [-0.1, -0.05) is 30.3 Å². The van der Waals surface area contributed by atoms with Gasteiger partial charge in [0.05, 0.1) is 40.7 Å². The number of aryl methyl sites for hydroxylation is 1. The van der Waals surface area contributed by atoms with Crippen LogP contribution in [-0.4, -0.2) is 44.8 Å². The summed E-state index contributed by atoms with van der Waals surface area (Å²) in [5.41, 5.74) is 2.21. The maximum Gasteiger partial charge on any atom is 0.277 e. The van der Waals surface area contributed by atoms with Crippen molar-refractivity contribution < 1.29 is 17.6 Å². The molecule has 6 rings (SSSR count). The standard InChI is InChI=1S/C30H27FN6O4S/c1-35(17-23-15-21-16-32-14-13-27(21)37(23)42(40,41)24-5-3-2-4-6-24)28(38)18-36-19-33-26-12-11-25(34-29(26)30(36)39)20-7-9-22(31)10-8-20/h2-10,13-16,19,25,34H,11-12,17-18H2,1H3. The molecule has 1 amide bonds. The lowest BCUT2D eigenvalue weighted by Crippen LogP contribution is -2.36. The van der Waals surface area contributed by atoms with E-state index in [9.17, 15) is 22.4 Å². The van der Waals surface area contributed by atoms with Crippen molar-refractivity contribution in [1.29, 1.82) is 0 Å². The summed E-state index contributed by atoms with van der Waals surface area (Å²) in [6, 6.07) is 17.3. The van der Waals surface area contributed by atoms with Gasteiger partial charge < -0.3 is 10.2 Å². The summed E-state index contributed by atoms with van der Waals surface area (Å²) in [6.45, 7) is -0.316. The van der Waals surface area contributed by atoms with Crippen LogP contribution in [0.4, 0.5) is 10.1 Å². The Labute approximate surface area is 241 Å². The highest BCUT2D eigenvalue weighted by Crippen LogP contribution is 2.30. The second-order valence-electron chi connectivity index (χ2n) is 10.2. The van der Waals surface area contributed by atoms with Gasteiger partial charge in [0.25, 0.3) is 15.6 Å². The fourth-order valence-electron chi connectivity index (χ4n) is 5.22. The molecule has 1 unspecified atom stereocenters. The average molecular weight is 587 g/mol. The number of pyridine rings is 1. The summed E-state index contributed by atoms with van der Waals surface area (Å²) < 4.78 is 43.2. The van der Waals surface area contributed by atoms with Crippen molar-refractivity contribution in [2.45, 2.75) is 36.9 Å². The van der Waals surface area contributed by atoms with Gasteiger partial charge in [0.1, 0.15) is 18.0 Å².